The lowest BCUT2D eigenvalue weighted by Gasteiger charge is -2.34. The van der Waals surface area contributed by atoms with Gasteiger partial charge in [-0.2, -0.15) is 0 Å². The fourth-order valence-electron chi connectivity index (χ4n) is 5.39. The van der Waals surface area contributed by atoms with Gasteiger partial charge in [0.2, 0.25) is 11.8 Å². The van der Waals surface area contributed by atoms with Gasteiger partial charge >= 0.3 is 0 Å². The van der Waals surface area contributed by atoms with Crippen LogP contribution < -0.4 is 9.62 Å². The molecule has 4 rings (SSSR count). The second-order valence-corrected chi connectivity index (χ2v) is 12.9. The number of hydrogen-bond acceptors (Lipinski definition) is 4. The molecular formula is C32H38ClN3O4S. The van der Waals surface area contributed by atoms with Gasteiger partial charge in [-0.1, -0.05) is 73.8 Å². The number of benzene rings is 3. The van der Waals surface area contributed by atoms with Crippen LogP contribution in [0.2, 0.25) is 5.02 Å². The summed E-state index contributed by atoms with van der Waals surface area (Å²) in [5, 5.41) is 3.61. The molecule has 1 atom stereocenters. The molecule has 1 N–H and O–H groups in total. The molecule has 0 bridgehead atoms. The van der Waals surface area contributed by atoms with Gasteiger partial charge in [-0.05, 0) is 80.1 Å². The zero-order chi connectivity index (χ0) is 29.6. The molecule has 218 valence electrons. The van der Waals surface area contributed by atoms with Crippen molar-refractivity contribution in [3.8, 4) is 0 Å². The Morgan fingerprint density at radius 3 is 2.24 bits per heavy atom. The van der Waals surface area contributed by atoms with E-state index < -0.39 is 28.5 Å². The quantitative estimate of drug-likeness (QED) is 0.294. The summed E-state index contributed by atoms with van der Waals surface area (Å²) in [5.74, 6) is -0.669. The summed E-state index contributed by atoms with van der Waals surface area (Å²) < 4.78 is 29.1. The van der Waals surface area contributed by atoms with Gasteiger partial charge in [0.25, 0.3) is 10.0 Å². The number of hydrogen-bond donors (Lipinski definition) is 1. The van der Waals surface area contributed by atoms with Gasteiger partial charge in [0, 0.05) is 17.6 Å². The monoisotopic (exact) mass is 595 g/mol. The largest absolute Gasteiger partial charge is 0.352 e. The molecule has 3 aromatic carbocycles. The van der Waals surface area contributed by atoms with Crippen LogP contribution >= 0.6 is 11.6 Å². The highest BCUT2D eigenvalue weighted by atomic mass is 35.5. The highest BCUT2D eigenvalue weighted by molar-refractivity contribution is 7.92. The van der Waals surface area contributed by atoms with Crippen molar-refractivity contribution in [2.45, 2.75) is 76.4 Å². The molecule has 41 heavy (non-hydrogen) atoms. The fraction of sp³-hybridized carbons (Fsp3) is 0.375. The van der Waals surface area contributed by atoms with Crippen LogP contribution in [0, 0.1) is 13.8 Å². The Hall–Kier alpha value is -3.36. The first kappa shape index (κ1) is 30.6. The molecule has 0 aliphatic heterocycles. The van der Waals surface area contributed by atoms with E-state index in [1.165, 1.54) is 17.0 Å². The number of rotatable bonds is 11. The predicted octanol–water partition coefficient (Wildman–Crippen LogP) is 6.02. The number of amides is 2. The molecule has 0 spiro atoms. The van der Waals surface area contributed by atoms with Gasteiger partial charge < -0.3 is 10.2 Å². The number of sulfonamides is 1. The Morgan fingerprint density at radius 1 is 0.951 bits per heavy atom. The summed E-state index contributed by atoms with van der Waals surface area (Å²) in [7, 11) is -4.13. The summed E-state index contributed by atoms with van der Waals surface area (Å²) in [4.78, 5) is 29.4. The Balaban J connectivity index is 1.74. The minimum atomic E-state index is -4.13. The van der Waals surface area contributed by atoms with Crippen molar-refractivity contribution in [2.24, 2.45) is 0 Å². The summed E-state index contributed by atoms with van der Waals surface area (Å²) >= 11 is 6.19. The van der Waals surface area contributed by atoms with Crippen LogP contribution in [0.4, 0.5) is 5.69 Å². The Bertz CT molecular complexity index is 1470. The van der Waals surface area contributed by atoms with Gasteiger partial charge in [0.1, 0.15) is 12.6 Å². The molecule has 3 aromatic rings. The maximum atomic E-state index is 14.3. The van der Waals surface area contributed by atoms with Gasteiger partial charge in [-0.3, -0.25) is 13.9 Å². The summed E-state index contributed by atoms with van der Waals surface area (Å²) in [6.07, 6.45) is 4.38. The molecule has 0 radical (unpaired) electrons. The molecule has 0 saturated heterocycles. The zero-order valence-corrected chi connectivity index (χ0v) is 25.4. The fourth-order valence-corrected chi connectivity index (χ4v) is 7.12. The molecule has 1 aliphatic rings. The van der Waals surface area contributed by atoms with E-state index in [1.807, 2.05) is 38.1 Å². The lowest BCUT2D eigenvalue weighted by molar-refractivity contribution is -0.140. The molecular weight excluding hydrogens is 558 g/mol. The number of nitrogens with zero attached hydrogens (tertiary/aromatic N) is 2. The minimum absolute atomic E-state index is 0.0682. The van der Waals surface area contributed by atoms with Crippen LogP contribution in [0.3, 0.4) is 0 Å². The lowest BCUT2D eigenvalue weighted by Crippen LogP contribution is -2.53. The highest BCUT2D eigenvalue weighted by Gasteiger charge is 2.35. The normalized spacial score (nSPS) is 14.4. The van der Waals surface area contributed by atoms with E-state index in [4.69, 9.17) is 11.6 Å². The molecule has 1 aliphatic carbocycles. The van der Waals surface area contributed by atoms with Crippen molar-refractivity contribution < 1.29 is 18.0 Å². The number of anilines is 1. The molecule has 9 heteroatoms. The van der Waals surface area contributed by atoms with Crippen molar-refractivity contribution in [3.05, 3.63) is 94.5 Å². The standard InChI is InChI=1S/C32H38ClN3O4S/c1-4-29(32(38)34-27-14-10-11-15-27)35(21-25-13-9-8-12-23(25)2)31(37)22-36(30-19-18-26(33)20-24(30)3)41(39,40)28-16-6-5-7-17-28/h5-9,12-13,16-20,27,29H,4,10-11,14-15,21-22H2,1-3H3,(H,34,38)/t29-/m1/s1. The first-order valence-corrected chi connectivity index (χ1v) is 15.9. The second kappa shape index (κ2) is 13.5. The van der Waals surface area contributed by atoms with Crippen molar-refractivity contribution >= 4 is 39.1 Å². The average molecular weight is 596 g/mol. The average Bonchev–Trinajstić information content (AvgIpc) is 3.46. The first-order chi connectivity index (χ1) is 19.6. The smallest absolute Gasteiger partial charge is 0.264 e. The van der Waals surface area contributed by atoms with E-state index in [-0.39, 0.29) is 23.4 Å². The number of carbonyl (C=O) groups is 2. The molecule has 2 amide bonds. The summed E-state index contributed by atoms with van der Waals surface area (Å²) in [5.41, 5.74) is 2.85. The lowest BCUT2D eigenvalue weighted by atomic mass is 10.1. The molecule has 0 heterocycles. The maximum absolute atomic E-state index is 14.3. The Kier molecular flexibility index (Phi) is 10.1. The van der Waals surface area contributed by atoms with Crippen LogP contribution in [0.1, 0.15) is 55.7 Å². The third-order valence-corrected chi connectivity index (χ3v) is 9.74. The maximum Gasteiger partial charge on any atom is 0.264 e. The van der Waals surface area contributed by atoms with E-state index in [0.29, 0.717) is 22.7 Å². The van der Waals surface area contributed by atoms with Crippen LogP contribution in [0.15, 0.2) is 77.7 Å². The molecule has 7 nitrogen and oxygen atoms in total. The molecule has 1 saturated carbocycles. The number of nitrogens with one attached hydrogen (secondary N) is 1. The minimum Gasteiger partial charge on any atom is -0.352 e. The SMILES string of the molecule is CC[C@H](C(=O)NC1CCCC1)N(Cc1ccccc1C)C(=O)CN(c1ccc(Cl)cc1C)S(=O)(=O)c1ccccc1. The Labute approximate surface area is 248 Å². The van der Waals surface area contributed by atoms with E-state index >= 15 is 0 Å². The van der Waals surface area contributed by atoms with Crippen LogP contribution in [-0.2, 0) is 26.2 Å². The predicted molar refractivity (Wildman–Crippen MR) is 163 cm³/mol. The van der Waals surface area contributed by atoms with Crippen LogP contribution in [-0.4, -0.2) is 43.8 Å². The van der Waals surface area contributed by atoms with E-state index in [2.05, 4.69) is 5.32 Å². The van der Waals surface area contributed by atoms with Crippen LogP contribution in [0.25, 0.3) is 0 Å². The molecule has 0 unspecified atom stereocenters. The topological polar surface area (TPSA) is 86.8 Å². The van der Waals surface area contributed by atoms with Gasteiger partial charge in [-0.15, -0.1) is 0 Å². The van der Waals surface area contributed by atoms with Crippen molar-refractivity contribution in [3.63, 3.8) is 0 Å². The van der Waals surface area contributed by atoms with Crippen molar-refractivity contribution in [1.29, 1.82) is 0 Å². The Morgan fingerprint density at radius 2 is 1.61 bits per heavy atom. The number of halogens is 1. The third-order valence-electron chi connectivity index (χ3n) is 7.73. The summed E-state index contributed by atoms with van der Waals surface area (Å²) in [6.45, 7) is 5.30. The second-order valence-electron chi connectivity index (χ2n) is 10.6. The summed E-state index contributed by atoms with van der Waals surface area (Å²) in [6, 6.07) is 20.0. The molecule has 1 fully saturated rings. The van der Waals surface area contributed by atoms with E-state index in [1.54, 1.807) is 43.3 Å². The van der Waals surface area contributed by atoms with Gasteiger partial charge in [0.05, 0.1) is 10.6 Å². The molecule has 0 aromatic heterocycles. The third kappa shape index (κ3) is 7.29. The van der Waals surface area contributed by atoms with Crippen LogP contribution in [0.5, 0.6) is 0 Å². The number of carbonyl (C=O) groups excluding carboxylic acids is 2. The first-order valence-electron chi connectivity index (χ1n) is 14.1. The zero-order valence-electron chi connectivity index (χ0n) is 23.8. The van der Waals surface area contributed by atoms with Gasteiger partial charge in [0.15, 0.2) is 0 Å². The van der Waals surface area contributed by atoms with Crippen molar-refractivity contribution in [1.82, 2.24) is 10.2 Å². The van der Waals surface area contributed by atoms with E-state index in [0.717, 1.165) is 41.1 Å². The van der Waals surface area contributed by atoms with E-state index in [9.17, 15) is 18.0 Å². The van der Waals surface area contributed by atoms with Crippen molar-refractivity contribution in [2.75, 3.05) is 10.8 Å². The van der Waals surface area contributed by atoms with Gasteiger partial charge in [-0.25, -0.2) is 8.42 Å². The number of aryl methyl sites for hydroxylation is 2. The highest BCUT2D eigenvalue weighted by Crippen LogP contribution is 2.30.